The van der Waals surface area contributed by atoms with Crippen LogP contribution in [0.2, 0.25) is 0 Å². The third-order valence-electron chi connectivity index (χ3n) is 2.60. The Kier molecular flexibility index (Phi) is 4.64. The molecule has 1 aliphatic heterocycles. The Labute approximate surface area is 91.0 Å². The molecule has 1 aliphatic rings. The number of aliphatic hydroxyl groups is 1. The molecule has 0 bridgehead atoms. The van der Waals surface area contributed by atoms with Crippen molar-refractivity contribution in [2.45, 2.75) is 20.0 Å². The Morgan fingerprint density at radius 3 is 2.57 bits per heavy atom. The fourth-order valence-corrected chi connectivity index (χ4v) is 1.96. The molecule has 1 heterocycles. The molecule has 0 aromatic carbocycles. The van der Waals surface area contributed by atoms with E-state index in [0.29, 0.717) is 12.0 Å². The first kappa shape index (κ1) is 12.2. The van der Waals surface area contributed by atoms with Crippen molar-refractivity contribution in [2.24, 2.45) is 5.41 Å². The lowest BCUT2D eigenvalue weighted by atomic mass is 9.83. The minimum atomic E-state index is -0.0423. The van der Waals surface area contributed by atoms with Gasteiger partial charge in [0.1, 0.15) is 0 Å². The van der Waals surface area contributed by atoms with E-state index in [1.807, 2.05) is 13.8 Å². The highest BCUT2D eigenvalue weighted by atomic mass is 35.5. The lowest BCUT2D eigenvalue weighted by Gasteiger charge is -2.48. The smallest absolute Gasteiger partial charge is 0.0596 e. The third kappa shape index (κ3) is 3.09. The van der Waals surface area contributed by atoms with Crippen molar-refractivity contribution in [1.82, 2.24) is 4.90 Å². The standard InChI is InChI=1S/C10H20ClNO2/c1-9(2)14-4-3-12-6-10(5-11,7-12)8-13/h9,13H,3-8H2,1-2H3. The van der Waals surface area contributed by atoms with Gasteiger partial charge in [-0.2, -0.15) is 0 Å². The number of alkyl halides is 1. The van der Waals surface area contributed by atoms with Crippen molar-refractivity contribution in [3.63, 3.8) is 0 Å². The molecule has 0 saturated carbocycles. The first-order chi connectivity index (χ1) is 6.62. The van der Waals surface area contributed by atoms with Gasteiger partial charge in [-0.1, -0.05) is 0 Å². The molecule has 0 aromatic rings. The van der Waals surface area contributed by atoms with Crippen LogP contribution in [0, 0.1) is 5.41 Å². The van der Waals surface area contributed by atoms with E-state index in [0.717, 1.165) is 26.2 Å². The predicted molar refractivity (Wildman–Crippen MR) is 57.8 cm³/mol. The van der Waals surface area contributed by atoms with E-state index in [1.54, 1.807) is 0 Å². The second kappa shape index (κ2) is 5.31. The number of hydrogen-bond donors (Lipinski definition) is 1. The monoisotopic (exact) mass is 221 g/mol. The van der Waals surface area contributed by atoms with Gasteiger partial charge in [0.05, 0.1) is 19.3 Å². The summed E-state index contributed by atoms with van der Waals surface area (Å²) in [6.45, 7) is 7.76. The quantitative estimate of drug-likeness (QED) is 0.678. The van der Waals surface area contributed by atoms with E-state index in [9.17, 15) is 0 Å². The maximum absolute atomic E-state index is 9.13. The molecule has 1 N–H and O–H groups in total. The maximum Gasteiger partial charge on any atom is 0.0596 e. The Hall–Kier alpha value is 0.170. The zero-order valence-electron chi connectivity index (χ0n) is 9.00. The molecule has 0 spiro atoms. The normalized spacial score (nSPS) is 21.2. The summed E-state index contributed by atoms with van der Waals surface area (Å²) in [5.41, 5.74) is -0.0423. The number of aliphatic hydroxyl groups excluding tert-OH is 1. The third-order valence-corrected chi connectivity index (χ3v) is 3.16. The number of nitrogens with zero attached hydrogens (tertiary/aromatic N) is 1. The summed E-state index contributed by atoms with van der Waals surface area (Å²) in [5, 5.41) is 9.13. The average Bonchev–Trinajstić information content (AvgIpc) is 2.09. The molecule has 0 radical (unpaired) electrons. The summed E-state index contributed by atoms with van der Waals surface area (Å²) >= 11 is 5.79. The van der Waals surface area contributed by atoms with E-state index in [1.165, 1.54) is 0 Å². The van der Waals surface area contributed by atoms with Crippen LogP contribution in [0.5, 0.6) is 0 Å². The van der Waals surface area contributed by atoms with Crippen LogP contribution in [0.3, 0.4) is 0 Å². The topological polar surface area (TPSA) is 32.7 Å². The van der Waals surface area contributed by atoms with Crippen LogP contribution in [0.1, 0.15) is 13.8 Å². The van der Waals surface area contributed by atoms with Crippen LogP contribution in [-0.4, -0.2) is 54.8 Å². The fourth-order valence-electron chi connectivity index (χ4n) is 1.70. The van der Waals surface area contributed by atoms with Gasteiger partial charge in [-0.3, -0.25) is 4.90 Å². The van der Waals surface area contributed by atoms with Gasteiger partial charge in [0.25, 0.3) is 0 Å². The molecule has 1 saturated heterocycles. The molecule has 0 unspecified atom stereocenters. The first-order valence-electron chi connectivity index (χ1n) is 5.13. The number of ether oxygens (including phenoxy) is 1. The molecule has 0 aromatic heterocycles. The summed E-state index contributed by atoms with van der Waals surface area (Å²) in [6.07, 6.45) is 0.298. The van der Waals surface area contributed by atoms with Gasteiger partial charge in [0.15, 0.2) is 0 Å². The minimum absolute atomic E-state index is 0.0423. The molecular weight excluding hydrogens is 202 g/mol. The molecule has 0 atom stereocenters. The molecular formula is C10H20ClNO2. The maximum atomic E-state index is 9.13. The summed E-state index contributed by atoms with van der Waals surface area (Å²) in [4.78, 5) is 2.26. The van der Waals surface area contributed by atoms with Gasteiger partial charge in [-0.25, -0.2) is 0 Å². The van der Waals surface area contributed by atoms with Crippen LogP contribution in [0.4, 0.5) is 0 Å². The number of hydrogen-bond acceptors (Lipinski definition) is 3. The highest BCUT2D eigenvalue weighted by Crippen LogP contribution is 2.30. The number of halogens is 1. The van der Waals surface area contributed by atoms with Gasteiger partial charge in [-0.15, -0.1) is 11.6 Å². The van der Waals surface area contributed by atoms with Crippen LogP contribution in [0.25, 0.3) is 0 Å². The van der Waals surface area contributed by atoms with Gasteiger partial charge in [0.2, 0.25) is 0 Å². The Balaban J connectivity index is 2.09. The van der Waals surface area contributed by atoms with E-state index in [-0.39, 0.29) is 12.0 Å². The molecule has 0 aliphatic carbocycles. The van der Waals surface area contributed by atoms with E-state index >= 15 is 0 Å². The van der Waals surface area contributed by atoms with E-state index in [2.05, 4.69) is 4.90 Å². The lowest BCUT2D eigenvalue weighted by molar-refractivity contribution is -0.0433. The Morgan fingerprint density at radius 1 is 1.50 bits per heavy atom. The van der Waals surface area contributed by atoms with Gasteiger partial charge in [-0.05, 0) is 13.8 Å². The highest BCUT2D eigenvalue weighted by molar-refractivity contribution is 6.18. The van der Waals surface area contributed by atoms with Crippen molar-refractivity contribution >= 4 is 11.6 Å². The van der Waals surface area contributed by atoms with Crippen LogP contribution in [-0.2, 0) is 4.74 Å². The van der Waals surface area contributed by atoms with Crippen molar-refractivity contribution in [1.29, 1.82) is 0 Å². The summed E-state index contributed by atoms with van der Waals surface area (Å²) in [6, 6.07) is 0. The van der Waals surface area contributed by atoms with Crippen molar-refractivity contribution in [3.8, 4) is 0 Å². The Bertz CT molecular complexity index is 164. The van der Waals surface area contributed by atoms with Crippen molar-refractivity contribution in [2.75, 3.05) is 38.7 Å². The molecule has 84 valence electrons. The minimum Gasteiger partial charge on any atom is -0.396 e. The van der Waals surface area contributed by atoms with Gasteiger partial charge in [0, 0.05) is 30.9 Å². The second-order valence-corrected chi connectivity index (χ2v) is 4.69. The molecule has 1 rings (SSSR count). The second-order valence-electron chi connectivity index (χ2n) is 4.42. The summed E-state index contributed by atoms with van der Waals surface area (Å²) < 4.78 is 5.45. The van der Waals surface area contributed by atoms with Crippen LogP contribution >= 0.6 is 11.6 Å². The van der Waals surface area contributed by atoms with Gasteiger partial charge < -0.3 is 9.84 Å². The van der Waals surface area contributed by atoms with Crippen LogP contribution in [0.15, 0.2) is 0 Å². The highest BCUT2D eigenvalue weighted by Gasteiger charge is 2.41. The summed E-state index contributed by atoms with van der Waals surface area (Å²) in [5.74, 6) is 0.547. The number of likely N-dealkylation sites (tertiary alicyclic amines) is 1. The zero-order chi connectivity index (χ0) is 10.6. The van der Waals surface area contributed by atoms with Crippen LogP contribution < -0.4 is 0 Å². The molecule has 3 nitrogen and oxygen atoms in total. The van der Waals surface area contributed by atoms with E-state index < -0.39 is 0 Å². The molecule has 14 heavy (non-hydrogen) atoms. The summed E-state index contributed by atoms with van der Waals surface area (Å²) in [7, 11) is 0. The SMILES string of the molecule is CC(C)OCCN1CC(CO)(CCl)C1. The Morgan fingerprint density at radius 2 is 2.14 bits per heavy atom. The lowest BCUT2D eigenvalue weighted by Crippen LogP contribution is -2.60. The van der Waals surface area contributed by atoms with Crippen molar-refractivity contribution in [3.05, 3.63) is 0 Å². The largest absolute Gasteiger partial charge is 0.396 e. The fraction of sp³-hybridized carbons (Fsp3) is 1.00. The predicted octanol–water partition coefficient (Wildman–Crippen LogP) is 0.945. The first-order valence-corrected chi connectivity index (χ1v) is 5.66. The molecule has 1 fully saturated rings. The number of rotatable bonds is 6. The average molecular weight is 222 g/mol. The molecule has 4 heteroatoms. The van der Waals surface area contributed by atoms with E-state index in [4.69, 9.17) is 21.4 Å². The zero-order valence-corrected chi connectivity index (χ0v) is 9.76. The molecule has 0 amide bonds. The van der Waals surface area contributed by atoms with Crippen molar-refractivity contribution < 1.29 is 9.84 Å². The van der Waals surface area contributed by atoms with Gasteiger partial charge >= 0.3 is 0 Å².